The Morgan fingerprint density at radius 1 is 1.09 bits per heavy atom. The molecule has 2 aromatic carbocycles. The van der Waals surface area contributed by atoms with Gasteiger partial charge in [0.25, 0.3) is 11.8 Å². The molecule has 0 bridgehead atoms. The Hall–Kier alpha value is -5.10. The molecular weight excluding hydrogens is 597 g/mol. The van der Waals surface area contributed by atoms with Gasteiger partial charge in [0.15, 0.2) is 5.82 Å². The van der Waals surface area contributed by atoms with E-state index in [1.54, 1.807) is 25.3 Å². The highest BCUT2D eigenvalue weighted by molar-refractivity contribution is 7.17. The minimum atomic E-state index is -0.739. The van der Waals surface area contributed by atoms with Gasteiger partial charge in [0.2, 0.25) is 0 Å². The van der Waals surface area contributed by atoms with E-state index < -0.39 is 5.76 Å². The molecule has 0 radical (unpaired) electrons. The van der Waals surface area contributed by atoms with E-state index in [1.165, 1.54) is 23.5 Å². The number of ether oxygens (including phenoxy) is 1. The molecule has 2 aliphatic heterocycles. The van der Waals surface area contributed by atoms with Crippen LogP contribution in [-0.4, -0.2) is 45.5 Å². The number of pyridine rings is 1. The van der Waals surface area contributed by atoms with Gasteiger partial charge < -0.3 is 15.0 Å². The van der Waals surface area contributed by atoms with E-state index in [2.05, 4.69) is 15.5 Å². The van der Waals surface area contributed by atoms with Crippen LogP contribution >= 0.6 is 11.3 Å². The number of thiophene rings is 1. The van der Waals surface area contributed by atoms with E-state index in [1.807, 2.05) is 35.2 Å². The normalized spacial score (nSPS) is 15.3. The molecule has 228 valence electrons. The Labute approximate surface area is 260 Å². The van der Waals surface area contributed by atoms with Crippen LogP contribution in [0.15, 0.2) is 70.0 Å². The van der Waals surface area contributed by atoms with Crippen molar-refractivity contribution in [2.75, 3.05) is 13.7 Å². The molecular formula is C33H28FN5O5S. The molecule has 3 aromatic heterocycles. The molecule has 2 aliphatic rings. The Morgan fingerprint density at radius 3 is 2.71 bits per heavy atom. The molecule has 2 amide bonds. The van der Waals surface area contributed by atoms with Gasteiger partial charge in [-0.3, -0.25) is 24.1 Å². The number of rotatable bonds is 9. The van der Waals surface area contributed by atoms with Gasteiger partial charge in [0.1, 0.15) is 11.6 Å². The Morgan fingerprint density at radius 2 is 1.93 bits per heavy atom. The molecule has 0 aliphatic carbocycles. The first kappa shape index (κ1) is 28.7. The van der Waals surface area contributed by atoms with Crippen LogP contribution in [0.2, 0.25) is 0 Å². The maximum Gasteiger partial charge on any atom is 0.439 e. The van der Waals surface area contributed by atoms with E-state index >= 15 is 0 Å². The van der Waals surface area contributed by atoms with Crippen LogP contribution < -0.4 is 15.8 Å². The molecule has 2 N–H and O–H groups in total. The molecule has 0 unspecified atom stereocenters. The van der Waals surface area contributed by atoms with Crippen molar-refractivity contribution in [3.05, 3.63) is 110 Å². The molecule has 10 nitrogen and oxygen atoms in total. The summed E-state index contributed by atoms with van der Waals surface area (Å²) in [6, 6.07) is 17.1. The van der Waals surface area contributed by atoms with Crippen LogP contribution in [0.1, 0.15) is 61.4 Å². The van der Waals surface area contributed by atoms with Crippen LogP contribution in [0.5, 0.6) is 5.75 Å². The van der Waals surface area contributed by atoms with Crippen LogP contribution in [-0.2, 0) is 19.4 Å². The number of carbonyl (C=O) groups is 2. The fourth-order valence-electron chi connectivity index (χ4n) is 6.13. The molecule has 5 aromatic rings. The van der Waals surface area contributed by atoms with E-state index in [4.69, 9.17) is 14.2 Å². The van der Waals surface area contributed by atoms with Crippen LogP contribution in [0.3, 0.4) is 0 Å². The maximum absolute atomic E-state index is 13.9. The molecule has 1 fully saturated rings. The second-order valence-electron chi connectivity index (χ2n) is 11.0. The number of aromatic nitrogens is 3. The van der Waals surface area contributed by atoms with E-state index in [9.17, 15) is 18.8 Å². The zero-order valence-electron chi connectivity index (χ0n) is 24.3. The Bertz CT molecular complexity index is 1980. The van der Waals surface area contributed by atoms with E-state index in [0.717, 1.165) is 24.0 Å². The zero-order valence-corrected chi connectivity index (χ0v) is 25.1. The van der Waals surface area contributed by atoms with Crippen molar-refractivity contribution in [1.29, 1.82) is 0 Å². The number of benzene rings is 2. The Kier molecular flexibility index (Phi) is 7.50. The summed E-state index contributed by atoms with van der Waals surface area (Å²) in [5.74, 6) is -0.610. The predicted octanol–water partition coefficient (Wildman–Crippen LogP) is 5.31. The highest BCUT2D eigenvalue weighted by atomic mass is 32.1. The molecule has 0 spiro atoms. The third kappa shape index (κ3) is 5.42. The summed E-state index contributed by atoms with van der Waals surface area (Å²) < 4.78 is 23.8. The SMILES string of the molecule is COc1cccc(CNC(=O)c2ccc(-c3c4c(nc(CCc5ccc(F)cc5)c3-c3noc(=O)[nH]3)[C@@H]3CCCN3C4=O)s2)c1. The maximum atomic E-state index is 13.9. The summed E-state index contributed by atoms with van der Waals surface area (Å²) in [5, 5.41) is 6.95. The monoisotopic (exact) mass is 625 g/mol. The van der Waals surface area contributed by atoms with Crippen molar-refractivity contribution >= 4 is 23.2 Å². The van der Waals surface area contributed by atoms with Gasteiger partial charge in [0.05, 0.1) is 40.5 Å². The van der Waals surface area contributed by atoms with E-state index in [0.29, 0.717) is 69.5 Å². The highest BCUT2D eigenvalue weighted by Crippen LogP contribution is 2.48. The number of aromatic amines is 1. The van der Waals surface area contributed by atoms with Gasteiger partial charge in [0, 0.05) is 23.5 Å². The van der Waals surface area contributed by atoms with Crippen molar-refractivity contribution in [3.8, 4) is 27.6 Å². The fourth-order valence-corrected chi connectivity index (χ4v) is 7.11. The topological polar surface area (TPSA) is 130 Å². The summed E-state index contributed by atoms with van der Waals surface area (Å²) >= 11 is 1.25. The van der Waals surface area contributed by atoms with Gasteiger partial charge in [-0.1, -0.05) is 29.4 Å². The molecule has 5 heterocycles. The molecule has 0 saturated carbocycles. The number of amides is 2. The summed E-state index contributed by atoms with van der Waals surface area (Å²) in [6.45, 7) is 0.935. The Balaban J connectivity index is 1.31. The summed E-state index contributed by atoms with van der Waals surface area (Å²) in [6.07, 6.45) is 2.64. The van der Waals surface area contributed by atoms with Gasteiger partial charge in [-0.15, -0.1) is 11.3 Å². The first-order valence-electron chi connectivity index (χ1n) is 14.6. The highest BCUT2D eigenvalue weighted by Gasteiger charge is 2.44. The number of fused-ring (bicyclic) bond motifs is 3. The number of hydrogen-bond acceptors (Lipinski definition) is 8. The van der Waals surface area contributed by atoms with Crippen molar-refractivity contribution < 1.29 is 23.2 Å². The number of aryl methyl sites for hydroxylation is 2. The lowest BCUT2D eigenvalue weighted by molar-refractivity contribution is 0.0776. The number of halogens is 1. The van der Waals surface area contributed by atoms with Gasteiger partial charge in [-0.25, -0.2) is 9.18 Å². The largest absolute Gasteiger partial charge is 0.497 e. The summed E-state index contributed by atoms with van der Waals surface area (Å²) in [7, 11) is 1.59. The van der Waals surface area contributed by atoms with Crippen molar-refractivity contribution in [1.82, 2.24) is 25.3 Å². The molecule has 1 atom stereocenters. The fraction of sp³-hybridized carbons (Fsp3) is 0.242. The third-order valence-electron chi connectivity index (χ3n) is 8.25. The smallest absolute Gasteiger partial charge is 0.439 e. The van der Waals surface area contributed by atoms with Crippen LogP contribution in [0.4, 0.5) is 4.39 Å². The average molecular weight is 626 g/mol. The number of methoxy groups -OCH3 is 1. The lowest BCUT2D eigenvalue weighted by Crippen LogP contribution is -2.23. The van der Waals surface area contributed by atoms with Crippen molar-refractivity contribution in [2.24, 2.45) is 0 Å². The lowest BCUT2D eigenvalue weighted by atomic mass is 9.93. The standard InChI is InChI=1S/C33H28FN5O5S/c1-43-21-5-2-4-19(16-21)17-35-31(40)25-14-13-24(45-25)27-26(30-37-33(42)44-38-30)22(12-9-18-7-10-20(34)11-8-18)36-29-23-6-3-15-39(23)32(41)28(27)29/h2,4-5,7-8,10-11,13-14,16,23H,3,6,9,12,15,17H2,1H3,(H,35,40)(H,37,38,42)/t23-/m0/s1. The minimum Gasteiger partial charge on any atom is -0.497 e. The number of H-pyrrole nitrogens is 1. The number of nitrogens with zero attached hydrogens (tertiary/aromatic N) is 3. The predicted molar refractivity (Wildman–Crippen MR) is 165 cm³/mol. The zero-order chi connectivity index (χ0) is 31.1. The molecule has 7 rings (SSSR count). The molecule has 45 heavy (non-hydrogen) atoms. The number of hydrogen-bond donors (Lipinski definition) is 2. The first-order chi connectivity index (χ1) is 21.9. The quantitative estimate of drug-likeness (QED) is 0.227. The minimum absolute atomic E-state index is 0.135. The van der Waals surface area contributed by atoms with Gasteiger partial charge in [-0.2, -0.15) is 0 Å². The van der Waals surface area contributed by atoms with Gasteiger partial charge >= 0.3 is 5.76 Å². The average Bonchev–Trinajstić information content (AvgIpc) is 3.86. The molecule has 1 saturated heterocycles. The van der Waals surface area contributed by atoms with Gasteiger partial charge in [-0.05, 0) is 73.2 Å². The van der Waals surface area contributed by atoms with E-state index in [-0.39, 0.29) is 29.5 Å². The summed E-state index contributed by atoms with van der Waals surface area (Å²) in [4.78, 5) is 49.9. The summed E-state index contributed by atoms with van der Waals surface area (Å²) in [5.41, 5.74) is 4.60. The van der Waals surface area contributed by atoms with Crippen LogP contribution in [0, 0.1) is 5.82 Å². The second-order valence-corrected chi connectivity index (χ2v) is 12.1. The van der Waals surface area contributed by atoms with Crippen molar-refractivity contribution in [3.63, 3.8) is 0 Å². The van der Waals surface area contributed by atoms with Crippen LogP contribution in [0.25, 0.3) is 21.8 Å². The molecule has 12 heteroatoms. The second kappa shape index (κ2) is 11.8. The lowest BCUT2D eigenvalue weighted by Gasteiger charge is -2.16. The third-order valence-corrected chi connectivity index (χ3v) is 9.35. The number of carbonyl (C=O) groups excluding carboxylic acids is 2. The number of nitrogens with one attached hydrogen (secondary N) is 2. The first-order valence-corrected chi connectivity index (χ1v) is 15.4. The van der Waals surface area contributed by atoms with Crippen molar-refractivity contribution in [2.45, 2.75) is 38.3 Å².